The summed E-state index contributed by atoms with van der Waals surface area (Å²) >= 11 is 0. The summed E-state index contributed by atoms with van der Waals surface area (Å²) in [4.78, 5) is 2.42. The molecule has 0 spiro atoms. The van der Waals surface area contributed by atoms with E-state index in [0.29, 0.717) is 6.79 Å². The number of hydrogen-bond donors (Lipinski definition) is 1. The van der Waals surface area contributed by atoms with Gasteiger partial charge in [0.1, 0.15) is 0 Å². The fourth-order valence-corrected chi connectivity index (χ4v) is 2.98. The lowest BCUT2D eigenvalue weighted by Crippen LogP contribution is -2.37. The smallest absolute Gasteiger partial charge is 0.231 e. The molecule has 2 heterocycles. The van der Waals surface area contributed by atoms with E-state index >= 15 is 0 Å². The molecule has 4 nitrogen and oxygen atoms in total. The summed E-state index contributed by atoms with van der Waals surface area (Å²) < 4.78 is 10.9. The zero-order valence-electron chi connectivity index (χ0n) is 11.5. The van der Waals surface area contributed by atoms with Crippen LogP contribution < -0.4 is 14.8 Å². The summed E-state index contributed by atoms with van der Waals surface area (Å²) in [6.07, 6.45) is 2.66. The highest BCUT2D eigenvalue weighted by Gasteiger charge is 2.19. The van der Waals surface area contributed by atoms with Crippen LogP contribution in [-0.4, -0.2) is 38.4 Å². The van der Waals surface area contributed by atoms with Crippen molar-refractivity contribution >= 4 is 0 Å². The van der Waals surface area contributed by atoms with Crippen molar-refractivity contribution in [3.8, 4) is 11.5 Å². The first-order valence-corrected chi connectivity index (χ1v) is 7.09. The molecule has 1 fully saturated rings. The first-order valence-electron chi connectivity index (χ1n) is 7.09. The maximum absolute atomic E-state index is 5.52. The Labute approximate surface area is 114 Å². The molecule has 19 heavy (non-hydrogen) atoms. The second kappa shape index (κ2) is 5.80. The second-order valence-corrected chi connectivity index (χ2v) is 5.55. The van der Waals surface area contributed by atoms with Gasteiger partial charge in [-0.25, -0.2) is 0 Å². The molecule has 2 aliphatic rings. The molecule has 1 saturated heterocycles. The van der Waals surface area contributed by atoms with Crippen molar-refractivity contribution in [1.82, 2.24) is 10.2 Å². The van der Waals surface area contributed by atoms with Gasteiger partial charge in [0.2, 0.25) is 6.79 Å². The zero-order valence-corrected chi connectivity index (χ0v) is 11.5. The molecule has 1 aromatic carbocycles. The Morgan fingerprint density at radius 2 is 2.32 bits per heavy atom. The van der Waals surface area contributed by atoms with Crippen LogP contribution in [-0.2, 0) is 6.54 Å². The van der Waals surface area contributed by atoms with E-state index in [9.17, 15) is 0 Å². The Hall–Kier alpha value is -1.26. The number of nitrogens with zero attached hydrogens (tertiary/aromatic N) is 1. The average Bonchev–Trinajstić information content (AvgIpc) is 2.88. The van der Waals surface area contributed by atoms with E-state index in [1.54, 1.807) is 0 Å². The highest BCUT2D eigenvalue weighted by molar-refractivity contribution is 5.48. The topological polar surface area (TPSA) is 33.7 Å². The SMILES string of the molecule is CN1CCCC(CNCc2cccc3c2OCO3)C1. The average molecular weight is 262 g/mol. The Balaban J connectivity index is 1.51. The minimum atomic E-state index is 0.347. The van der Waals surface area contributed by atoms with Crippen LogP contribution in [0.4, 0.5) is 0 Å². The maximum Gasteiger partial charge on any atom is 0.231 e. The molecule has 0 bridgehead atoms. The van der Waals surface area contributed by atoms with E-state index in [1.807, 2.05) is 12.1 Å². The van der Waals surface area contributed by atoms with Gasteiger partial charge in [-0.15, -0.1) is 0 Å². The van der Waals surface area contributed by atoms with Crippen molar-refractivity contribution in [2.24, 2.45) is 5.92 Å². The predicted molar refractivity (Wildman–Crippen MR) is 74.5 cm³/mol. The molecule has 1 aromatic rings. The van der Waals surface area contributed by atoms with E-state index in [4.69, 9.17) is 9.47 Å². The maximum atomic E-state index is 5.52. The van der Waals surface area contributed by atoms with E-state index in [0.717, 1.165) is 30.5 Å². The summed E-state index contributed by atoms with van der Waals surface area (Å²) in [5.74, 6) is 2.56. The predicted octanol–water partition coefficient (Wildman–Crippen LogP) is 1.85. The summed E-state index contributed by atoms with van der Waals surface area (Å²) in [5, 5.41) is 3.56. The van der Waals surface area contributed by atoms with Gasteiger partial charge in [0.05, 0.1) is 0 Å². The molecule has 2 aliphatic heterocycles. The molecule has 0 radical (unpaired) electrons. The van der Waals surface area contributed by atoms with Gasteiger partial charge in [0.25, 0.3) is 0 Å². The van der Waals surface area contributed by atoms with Gasteiger partial charge in [0, 0.05) is 18.7 Å². The van der Waals surface area contributed by atoms with Gasteiger partial charge in [0.15, 0.2) is 11.5 Å². The Morgan fingerprint density at radius 3 is 3.21 bits per heavy atom. The number of likely N-dealkylation sites (tertiary alicyclic amines) is 1. The van der Waals surface area contributed by atoms with Crippen molar-refractivity contribution in [2.45, 2.75) is 19.4 Å². The number of para-hydroxylation sites is 1. The van der Waals surface area contributed by atoms with Crippen LogP contribution in [0.2, 0.25) is 0 Å². The minimum Gasteiger partial charge on any atom is -0.454 e. The van der Waals surface area contributed by atoms with Gasteiger partial charge in [-0.1, -0.05) is 12.1 Å². The Kier molecular flexibility index (Phi) is 3.89. The summed E-state index contributed by atoms with van der Waals surface area (Å²) in [7, 11) is 2.21. The van der Waals surface area contributed by atoms with Crippen LogP contribution in [0.1, 0.15) is 18.4 Å². The number of piperidine rings is 1. The lowest BCUT2D eigenvalue weighted by molar-refractivity contribution is 0.173. The largest absolute Gasteiger partial charge is 0.454 e. The van der Waals surface area contributed by atoms with E-state index in [2.05, 4.69) is 23.3 Å². The third kappa shape index (κ3) is 3.01. The summed E-state index contributed by atoms with van der Waals surface area (Å²) in [6, 6.07) is 6.09. The molecule has 1 N–H and O–H groups in total. The number of fused-ring (bicyclic) bond motifs is 1. The van der Waals surface area contributed by atoms with Crippen molar-refractivity contribution in [3.63, 3.8) is 0 Å². The summed E-state index contributed by atoms with van der Waals surface area (Å²) in [5.41, 5.74) is 1.19. The number of ether oxygens (including phenoxy) is 2. The fraction of sp³-hybridized carbons (Fsp3) is 0.600. The van der Waals surface area contributed by atoms with E-state index in [-0.39, 0.29) is 0 Å². The third-order valence-corrected chi connectivity index (χ3v) is 3.95. The van der Waals surface area contributed by atoms with Crippen molar-refractivity contribution in [1.29, 1.82) is 0 Å². The summed E-state index contributed by atoms with van der Waals surface area (Å²) in [6.45, 7) is 4.73. The zero-order chi connectivity index (χ0) is 13.1. The highest BCUT2D eigenvalue weighted by atomic mass is 16.7. The van der Waals surface area contributed by atoms with Crippen LogP contribution in [0.15, 0.2) is 18.2 Å². The number of rotatable bonds is 4. The van der Waals surface area contributed by atoms with Crippen LogP contribution in [0, 0.1) is 5.92 Å². The number of nitrogens with one attached hydrogen (secondary N) is 1. The Morgan fingerprint density at radius 1 is 1.37 bits per heavy atom. The fourth-order valence-electron chi connectivity index (χ4n) is 2.98. The van der Waals surface area contributed by atoms with Gasteiger partial charge >= 0.3 is 0 Å². The molecule has 1 unspecified atom stereocenters. The first-order chi connectivity index (χ1) is 9.33. The second-order valence-electron chi connectivity index (χ2n) is 5.55. The Bertz CT molecular complexity index is 436. The molecule has 4 heteroatoms. The van der Waals surface area contributed by atoms with Crippen LogP contribution in [0.3, 0.4) is 0 Å². The lowest BCUT2D eigenvalue weighted by atomic mass is 9.98. The van der Waals surface area contributed by atoms with Crippen molar-refractivity contribution in [2.75, 3.05) is 33.5 Å². The molecule has 0 aromatic heterocycles. The monoisotopic (exact) mass is 262 g/mol. The van der Waals surface area contributed by atoms with Crippen LogP contribution in [0.5, 0.6) is 11.5 Å². The van der Waals surface area contributed by atoms with Crippen molar-refractivity contribution in [3.05, 3.63) is 23.8 Å². The highest BCUT2D eigenvalue weighted by Crippen LogP contribution is 2.35. The minimum absolute atomic E-state index is 0.347. The number of benzene rings is 1. The van der Waals surface area contributed by atoms with Crippen molar-refractivity contribution < 1.29 is 9.47 Å². The molecule has 104 valence electrons. The molecule has 0 aliphatic carbocycles. The molecule has 1 atom stereocenters. The first kappa shape index (κ1) is 12.8. The molecule has 3 rings (SSSR count). The quantitative estimate of drug-likeness (QED) is 0.898. The van der Waals surface area contributed by atoms with Gasteiger partial charge < -0.3 is 19.7 Å². The van der Waals surface area contributed by atoms with Gasteiger partial charge in [-0.05, 0) is 45.0 Å². The van der Waals surface area contributed by atoms with E-state index in [1.165, 1.54) is 31.5 Å². The number of hydrogen-bond acceptors (Lipinski definition) is 4. The lowest BCUT2D eigenvalue weighted by Gasteiger charge is -2.29. The van der Waals surface area contributed by atoms with Crippen LogP contribution >= 0.6 is 0 Å². The molecule has 0 amide bonds. The molecule has 0 saturated carbocycles. The third-order valence-electron chi connectivity index (χ3n) is 3.95. The van der Waals surface area contributed by atoms with Gasteiger partial charge in [-0.2, -0.15) is 0 Å². The van der Waals surface area contributed by atoms with E-state index < -0.39 is 0 Å². The standard InChI is InChI=1S/C15H22N2O2/c1-17-7-3-4-12(10-17)8-16-9-13-5-2-6-14-15(13)19-11-18-14/h2,5-6,12,16H,3-4,7-11H2,1H3. The van der Waals surface area contributed by atoms with Crippen LogP contribution in [0.25, 0.3) is 0 Å². The molecular formula is C15H22N2O2. The normalized spacial score (nSPS) is 22.7. The molecular weight excluding hydrogens is 240 g/mol. The van der Waals surface area contributed by atoms with Gasteiger partial charge in [-0.3, -0.25) is 0 Å².